The van der Waals surface area contributed by atoms with Gasteiger partial charge in [-0.2, -0.15) is 0 Å². The second kappa shape index (κ2) is 4.06. The summed E-state index contributed by atoms with van der Waals surface area (Å²) in [5.41, 5.74) is 6.57. The summed E-state index contributed by atoms with van der Waals surface area (Å²) in [7, 11) is 1.53. The van der Waals surface area contributed by atoms with E-state index >= 15 is 0 Å². The van der Waals surface area contributed by atoms with E-state index in [1.54, 1.807) is 18.2 Å². The Labute approximate surface area is 97.6 Å². The number of halogens is 1. The highest BCUT2D eigenvalue weighted by molar-refractivity contribution is 6.31. The lowest BCUT2D eigenvalue weighted by atomic mass is 10.0. The average molecular weight is 240 g/mol. The highest BCUT2D eigenvalue weighted by Gasteiger charge is 2.25. The average Bonchev–Trinajstić information content (AvgIpc) is 2.57. The monoisotopic (exact) mass is 239 g/mol. The number of ketones is 1. The summed E-state index contributed by atoms with van der Waals surface area (Å²) < 4.78 is 10.0. The van der Waals surface area contributed by atoms with Gasteiger partial charge in [-0.1, -0.05) is 11.6 Å². The molecule has 2 rings (SSSR count). The van der Waals surface area contributed by atoms with Gasteiger partial charge in [0.05, 0.1) is 12.7 Å². The normalized spacial score (nSPS) is 15.2. The SMILES string of the molecule is COc1cc(Cl)cc(C2=C(N)OCC2=O)c1. The summed E-state index contributed by atoms with van der Waals surface area (Å²) in [6, 6.07) is 5.00. The van der Waals surface area contributed by atoms with Crippen LogP contribution in [0.3, 0.4) is 0 Å². The molecule has 5 heteroatoms. The van der Waals surface area contributed by atoms with Crippen molar-refractivity contribution >= 4 is 23.0 Å². The number of rotatable bonds is 2. The highest BCUT2D eigenvalue weighted by Crippen LogP contribution is 2.29. The minimum atomic E-state index is -0.151. The van der Waals surface area contributed by atoms with Crippen LogP contribution in [0.25, 0.3) is 5.57 Å². The number of methoxy groups -OCH3 is 1. The molecule has 0 fully saturated rings. The first-order chi connectivity index (χ1) is 7.61. The van der Waals surface area contributed by atoms with Crippen LogP contribution in [0.2, 0.25) is 5.02 Å². The Kier molecular flexibility index (Phi) is 2.75. The van der Waals surface area contributed by atoms with E-state index in [-0.39, 0.29) is 18.3 Å². The minimum Gasteiger partial charge on any atom is -0.497 e. The van der Waals surface area contributed by atoms with Crippen LogP contribution in [0.15, 0.2) is 24.1 Å². The van der Waals surface area contributed by atoms with E-state index in [1.807, 2.05) is 0 Å². The quantitative estimate of drug-likeness (QED) is 0.851. The van der Waals surface area contributed by atoms with Crippen molar-refractivity contribution in [3.8, 4) is 5.75 Å². The number of carbonyl (C=O) groups excluding carboxylic acids is 1. The Bertz CT molecular complexity index is 482. The lowest BCUT2D eigenvalue weighted by Crippen LogP contribution is -2.02. The zero-order valence-corrected chi connectivity index (χ0v) is 9.38. The van der Waals surface area contributed by atoms with Gasteiger partial charge < -0.3 is 15.2 Å². The molecular formula is C11H10ClNO3. The predicted molar refractivity (Wildman–Crippen MR) is 60.1 cm³/mol. The van der Waals surface area contributed by atoms with Gasteiger partial charge in [-0.15, -0.1) is 0 Å². The molecule has 1 aromatic rings. The Morgan fingerprint density at radius 1 is 1.44 bits per heavy atom. The number of ether oxygens (including phenoxy) is 2. The van der Waals surface area contributed by atoms with Crippen LogP contribution in [-0.4, -0.2) is 19.5 Å². The third-order valence-corrected chi connectivity index (χ3v) is 2.50. The predicted octanol–water partition coefficient (Wildman–Crippen LogP) is 1.58. The third kappa shape index (κ3) is 1.84. The molecule has 16 heavy (non-hydrogen) atoms. The maximum Gasteiger partial charge on any atom is 0.206 e. The topological polar surface area (TPSA) is 61.6 Å². The maximum absolute atomic E-state index is 11.5. The molecule has 0 bridgehead atoms. The Morgan fingerprint density at radius 3 is 2.75 bits per heavy atom. The summed E-state index contributed by atoms with van der Waals surface area (Å²) in [6.45, 7) is -0.0179. The van der Waals surface area contributed by atoms with E-state index in [9.17, 15) is 4.79 Å². The fourth-order valence-electron chi connectivity index (χ4n) is 1.55. The van der Waals surface area contributed by atoms with Gasteiger partial charge in [0, 0.05) is 5.02 Å². The summed E-state index contributed by atoms with van der Waals surface area (Å²) in [6.07, 6.45) is 0. The molecule has 1 aliphatic heterocycles. The molecule has 0 aliphatic carbocycles. The van der Waals surface area contributed by atoms with Crippen LogP contribution >= 0.6 is 11.6 Å². The van der Waals surface area contributed by atoms with Crippen molar-refractivity contribution in [2.45, 2.75) is 0 Å². The minimum absolute atomic E-state index is 0.0179. The number of carbonyl (C=O) groups is 1. The smallest absolute Gasteiger partial charge is 0.206 e. The van der Waals surface area contributed by atoms with Crippen LogP contribution in [0.5, 0.6) is 5.75 Å². The van der Waals surface area contributed by atoms with E-state index < -0.39 is 0 Å². The summed E-state index contributed by atoms with van der Waals surface area (Å²) in [5, 5.41) is 0.481. The molecule has 0 saturated carbocycles. The molecular weight excluding hydrogens is 230 g/mol. The number of nitrogens with two attached hydrogens (primary N) is 1. The first kappa shape index (κ1) is 10.8. The third-order valence-electron chi connectivity index (χ3n) is 2.28. The summed E-state index contributed by atoms with van der Waals surface area (Å²) in [4.78, 5) is 11.5. The van der Waals surface area contributed by atoms with E-state index in [4.69, 9.17) is 26.8 Å². The molecule has 0 spiro atoms. The standard InChI is InChI=1S/C11H10ClNO3/c1-15-8-3-6(2-7(12)4-8)10-9(14)5-16-11(10)13/h2-4H,5,13H2,1H3. The van der Waals surface area contributed by atoms with Crippen molar-refractivity contribution in [1.82, 2.24) is 0 Å². The first-order valence-corrected chi connectivity index (χ1v) is 5.00. The van der Waals surface area contributed by atoms with Crippen molar-refractivity contribution < 1.29 is 14.3 Å². The molecule has 0 radical (unpaired) electrons. The van der Waals surface area contributed by atoms with Crippen molar-refractivity contribution in [3.05, 3.63) is 34.7 Å². The summed E-state index contributed by atoms with van der Waals surface area (Å²) >= 11 is 5.91. The Hall–Kier alpha value is -1.68. The molecule has 84 valence electrons. The molecule has 4 nitrogen and oxygen atoms in total. The van der Waals surface area contributed by atoms with Gasteiger partial charge >= 0.3 is 0 Å². The van der Waals surface area contributed by atoms with Crippen LogP contribution in [0.4, 0.5) is 0 Å². The van der Waals surface area contributed by atoms with Gasteiger partial charge in [0.1, 0.15) is 5.75 Å². The zero-order chi connectivity index (χ0) is 11.7. The molecule has 0 unspecified atom stereocenters. The lowest BCUT2D eigenvalue weighted by Gasteiger charge is -2.05. The Morgan fingerprint density at radius 2 is 2.19 bits per heavy atom. The summed E-state index contributed by atoms with van der Waals surface area (Å²) in [5.74, 6) is 0.554. The van der Waals surface area contributed by atoms with Gasteiger partial charge in [-0.05, 0) is 23.8 Å². The first-order valence-electron chi connectivity index (χ1n) is 4.62. The van der Waals surface area contributed by atoms with E-state index in [2.05, 4.69) is 0 Å². The van der Waals surface area contributed by atoms with Crippen molar-refractivity contribution in [2.75, 3.05) is 13.7 Å². The molecule has 0 saturated heterocycles. The fourth-order valence-corrected chi connectivity index (χ4v) is 1.78. The molecule has 2 N–H and O–H groups in total. The molecule has 0 atom stereocenters. The molecule has 1 heterocycles. The lowest BCUT2D eigenvalue weighted by molar-refractivity contribution is -0.115. The number of hydrogen-bond acceptors (Lipinski definition) is 4. The van der Waals surface area contributed by atoms with Crippen LogP contribution < -0.4 is 10.5 Å². The fraction of sp³-hybridized carbons (Fsp3) is 0.182. The van der Waals surface area contributed by atoms with Gasteiger partial charge in [0.15, 0.2) is 12.5 Å². The van der Waals surface area contributed by atoms with Gasteiger partial charge in [0.25, 0.3) is 0 Å². The molecule has 1 aliphatic rings. The zero-order valence-electron chi connectivity index (χ0n) is 8.62. The van der Waals surface area contributed by atoms with Crippen LogP contribution in [0, 0.1) is 0 Å². The number of benzene rings is 1. The second-order valence-corrected chi connectivity index (χ2v) is 3.77. The van der Waals surface area contributed by atoms with Gasteiger partial charge in [0.2, 0.25) is 5.78 Å². The molecule has 0 amide bonds. The number of hydrogen-bond donors (Lipinski definition) is 1. The highest BCUT2D eigenvalue weighted by atomic mass is 35.5. The van der Waals surface area contributed by atoms with E-state index in [0.717, 1.165) is 0 Å². The van der Waals surface area contributed by atoms with E-state index in [0.29, 0.717) is 21.9 Å². The Balaban J connectivity index is 2.52. The maximum atomic E-state index is 11.5. The molecule has 1 aromatic carbocycles. The van der Waals surface area contributed by atoms with Crippen LogP contribution in [-0.2, 0) is 9.53 Å². The molecule has 0 aromatic heterocycles. The van der Waals surface area contributed by atoms with Gasteiger partial charge in [-0.25, -0.2) is 0 Å². The number of Topliss-reactive ketones (excluding diaryl/α,β-unsaturated/α-hetero) is 1. The largest absolute Gasteiger partial charge is 0.497 e. The van der Waals surface area contributed by atoms with Crippen molar-refractivity contribution in [1.29, 1.82) is 0 Å². The van der Waals surface area contributed by atoms with Crippen molar-refractivity contribution in [3.63, 3.8) is 0 Å². The van der Waals surface area contributed by atoms with Crippen molar-refractivity contribution in [2.24, 2.45) is 5.73 Å². The van der Waals surface area contributed by atoms with Gasteiger partial charge in [-0.3, -0.25) is 4.79 Å². The van der Waals surface area contributed by atoms with Crippen LogP contribution in [0.1, 0.15) is 5.56 Å². The van der Waals surface area contributed by atoms with E-state index in [1.165, 1.54) is 7.11 Å². The second-order valence-electron chi connectivity index (χ2n) is 3.33.